The van der Waals surface area contributed by atoms with Gasteiger partial charge in [-0.2, -0.15) is 5.10 Å². The number of rotatable bonds is 3. The number of hydrogen-bond donors (Lipinski definition) is 2. The van der Waals surface area contributed by atoms with Gasteiger partial charge in [-0.1, -0.05) is 0 Å². The zero-order chi connectivity index (χ0) is 10.7. The van der Waals surface area contributed by atoms with Crippen LogP contribution in [0.5, 0.6) is 0 Å². The first kappa shape index (κ1) is 10.7. The molecule has 0 aromatic carbocycles. The third-order valence-corrected chi connectivity index (χ3v) is 1.71. The Labute approximate surface area is 83.5 Å². The molecule has 1 rings (SSSR count). The number of carbonyl (C=O) groups excluding carboxylic acids is 1. The Kier molecular flexibility index (Phi) is 3.24. The zero-order valence-corrected chi connectivity index (χ0v) is 8.96. The number of carbonyl (C=O) groups is 1. The van der Waals surface area contributed by atoms with Gasteiger partial charge in [0.15, 0.2) is 0 Å². The van der Waals surface area contributed by atoms with Crippen molar-refractivity contribution in [1.82, 2.24) is 20.6 Å². The summed E-state index contributed by atoms with van der Waals surface area (Å²) in [5, 5.41) is 4.09. The van der Waals surface area contributed by atoms with E-state index in [0.29, 0.717) is 5.69 Å². The molecule has 2 N–H and O–H groups in total. The lowest BCUT2D eigenvalue weighted by atomic mass is 10.3. The maximum atomic E-state index is 11.5. The Morgan fingerprint density at radius 3 is 2.64 bits per heavy atom. The lowest BCUT2D eigenvalue weighted by Crippen LogP contribution is -2.42. The summed E-state index contributed by atoms with van der Waals surface area (Å²) in [7, 11) is 1.75. The minimum atomic E-state index is -0.165. The molecule has 0 saturated heterocycles. The van der Waals surface area contributed by atoms with Crippen LogP contribution >= 0.6 is 0 Å². The second kappa shape index (κ2) is 4.23. The van der Waals surface area contributed by atoms with Gasteiger partial charge in [-0.05, 0) is 26.8 Å². The molecule has 0 aliphatic rings. The van der Waals surface area contributed by atoms with E-state index in [0.717, 1.165) is 5.69 Å². The second-order valence-corrected chi connectivity index (χ2v) is 3.55. The lowest BCUT2D eigenvalue weighted by molar-refractivity contribution is 0.0918. The van der Waals surface area contributed by atoms with Crippen LogP contribution in [0.2, 0.25) is 0 Å². The van der Waals surface area contributed by atoms with E-state index < -0.39 is 0 Å². The summed E-state index contributed by atoms with van der Waals surface area (Å²) in [5.74, 6) is -0.165. The highest BCUT2D eigenvalue weighted by Gasteiger charge is 2.10. The molecule has 0 unspecified atom stereocenters. The quantitative estimate of drug-likeness (QED) is 0.687. The summed E-state index contributed by atoms with van der Waals surface area (Å²) in [6.07, 6.45) is 0. The first-order chi connectivity index (χ1) is 6.50. The van der Waals surface area contributed by atoms with Crippen molar-refractivity contribution in [3.8, 4) is 0 Å². The molecule has 0 bridgehead atoms. The fourth-order valence-corrected chi connectivity index (χ4v) is 1.10. The molecule has 5 heteroatoms. The van der Waals surface area contributed by atoms with Gasteiger partial charge in [0.05, 0.1) is 5.69 Å². The molecule has 0 atom stereocenters. The van der Waals surface area contributed by atoms with E-state index in [2.05, 4.69) is 16.0 Å². The van der Waals surface area contributed by atoms with Crippen LogP contribution in [-0.4, -0.2) is 21.7 Å². The fourth-order valence-electron chi connectivity index (χ4n) is 1.10. The molecule has 1 aromatic rings. The molecule has 0 radical (unpaired) electrons. The van der Waals surface area contributed by atoms with Crippen molar-refractivity contribution in [1.29, 1.82) is 0 Å². The second-order valence-electron chi connectivity index (χ2n) is 3.55. The molecule has 0 fully saturated rings. The van der Waals surface area contributed by atoms with Crippen LogP contribution in [0, 0.1) is 6.92 Å². The van der Waals surface area contributed by atoms with Crippen LogP contribution in [0.15, 0.2) is 6.07 Å². The number of hydrogen-bond acceptors (Lipinski definition) is 3. The molecule has 1 heterocycles. The summed E-state index contributed by atoms with van der Waals surface area (Å²) in [6.45, 7) is 5.76. The first-order valence-electron chi connectivity index (χ1n) is 4.57. The summed E-state index contributed by atoms with van der Waals surface area (Å²) < 4.78 is 1.56. The number of hydrazine groups is 1. The molecule has 0 aliphatic carbocycles. The SMILES string of the molecule is Cc1cc(C(=O)NNC(C)C)n(C)n1. The third-order valence-electron chi connectivity index (χ3n) is 1.71. The van der Waals surface area contributed by atoms with Crippen LogP contribution in [0.25, 0.3) is 0 Å². The van der Waals surface area contributed by atoms with Gasteiger partial charge in [-0.15, -0.1) is 0 Å². The Balaban J connectivity index is 2.65. The van der Waals surface area contributed by atoms with Gasteiger partial charge in [-0.3, -0.25) is 14.9 Å². The molecular formula is C9H16N4O. The standard InChI is InChI=1S/C9H16N4O/c1-6(2)10-11-9(14)8-5-7(3)12-13(8)4/h5-6,10H,1-4H3,(H,11,14). The predicted octanol–water partition coefficient (Wildman–Crippen LogP) is 0.371. The normalized spacial score (nSPS) is 10.6. The molecule has 78 valence electrons. The van der Waals surface area contributed by atoms with Gasteiger partial charge >= 0.3 is 0 Å². The van der Waals surface area contributed by atoms with Crippen molar-refractivity contribution in [2.24, 2.45) is 7.05 Å². The van der Waals surface area contributed by atoms with Gasteiger partial charge in [0.25, 0.3) is 5.91 Å². The Morgan fingerprint density at radius 1 is 1.57 bits per heavy atom. The highest BCUT2D eigenvalue weighted by molar-refractivity contribution is 5.92. The molecule has 14 heavy (non-hydrogen) atoms. The maximum absolute atomic E-state index is 11.5. The number of nitrogens with zero attached hydrogens (tertiary/aromatic N) is 2. The van der Waals surface area contributed by atoms with Crippen molar-refractivity contribution >= 4 is 5.91 Å². The van der Waals surface area contributed by atoms with Crippen LogP contribution in [-0.2, 0) is 7.05 Å². The summed E-state index contributed by atoms with van der Waals surface area (Å²) in [6, 6.07) is 1.96. The Bertz CT molecular complexity index is 330. The summed E-state index contributed by atoms with van der Waals surface area (Å²) in [4.78, 5) is 11.5. The first-order valence-corrected chi connectivity index (χ1v) is 4.57. The highest BCUT2D eigenvalue weighted by atomic mass is 16.2. The zero-order valence-electron chi connectivity index (χ0n) is 8.96. The van der Waals surface area contributed by atoms with Crippen molar-refractivity contribution in [2.45, 2.75) is 26.8 Å². The highest BCUT2D eigenvalue weighted by Crippen LogP contribution is 2.00. The van der Waals surface area contributed by atoms with Gasteiger partial charge in [0.2, 0.25) is 0 Å². The fraction of sp³-hybridized carbons (Fsp3) is 0.556. The van der Waals surface area contributed by atoms with Crippen LogP contribution in [0.3, 0.4) is 0 Å². The average molecular weight is 196 g/mol. The predicted molar refractivity (Wildman–Crippen MR) is 53.7 cm³/mol. The number of aryl methyl sites for hydroxylation is 2. The molecule has 1 amide bonds. The van der Waals surface area contributed by atoms with Gasteiger partial charge < -0.3 is 0 Å². The molecule has 0 aliphatic heterocycles. The van der Waals surface area contributed by atoms with Gasteiger partial charge in [0, 0.05) is 13.1 Å². The van der Waals surface area contributed by atoms with Crippen LogP contribution in [0.4, 0.5) is 0 Å². The van der Waals surface area contributed by atoms with Crippen molar-refractivity contribution in [2.75, 3.05) is 0 Å². The van der Waals surface area contributed by atoms with E-state index in [1.807, 2.05) is 20.8 Å². The molecule has 0 saturated carbocycles. The van der Waals surface area contributed by atoms with Crippen molar-refractivity contribution in [3.05, 3.63) is 17.5 Å². The summed E-state index contributed by atoms with van der Waals surface area (Å²) >= 11 is 0. The van der Waals surface area contributed by atoms with E-state index in [1.165, 1.54) is 0 Å². The summed E-state index contributed by atoms with van der Waals surface area (Å²) in [5.41, 5.74) is 6.83. The third kappa shape index (κ3) is 2.56. The van der Waals surface area contributed by atoms with E-state index in [-0.39, 0.29) is 11.9 Å². The maximum Gasteiger partial charge on any atom is 0.283 e. The van der Waals surface area contributed by atoms with E-state index in [9.17, 15) is 4.79 Å². The number of aromatic nitrogens is 2. The smallest absolute Gasteiger partial charge is 0.283 e. The number of nitrogens with one attached hydrogen (secondary N) is 2. The minimum absolute atomic E-state index is 0.165. The number of amides is 1. The van der Waals surface area contributed by atoms with Crippen molar-refractivity contribution < 1.29 is 4.79 Å². The molecular weight excluding hydrogens is 180 g/mol. The van der Waals surface area contributed by atoms with Crippen LogP contribution < -0.4 is 10.9 Å². The molecule has 5 nitrogen and oxygen atoms in total. The van der Waals surface area contributed by atoms with E-state index >= 15 is 0 Å². The minimum Gasteiger partial charge on any atom is -0.286 e. The van der Waals surface area contributed by atoms with Gasteiger partial charge in [0.1, 0.15) is 5.69 Å². The van der Waals surface area contributed by atoms with E-state index in [4.69, 9.17) is 0 Å². The van der Waals surface area contributed by atoms with Gasteiger partial charge in [-0.25, -0.2) is 5.43 Å². The van der Waals surface area contributed by atoms with Crippen molar-refractivity contribution in [3.63, 3.8) is 0 Å². The monoisotopic (exact) mass is 196 g/mol. The van der Waals surface area contributed by atoms with Crippen LogP contribution in [0.1, 0.15) is 30.0 Å². The average Bonchev–Trinajstić information content (AvgIpc) is 2.41. The van der Waals surface area contributed by atoms with E-state index in [1.54, 1.807) is 17.8 Å². The molecule has 1 aromatic heterocycles. The molecule has 0 spiro atoms. The Morgan fingerprint density at radius 2 is 2.21 bits per heavy atom. The largest absolute Gasteiger partial charge is 0.286 e. The lowest BCUT2D eigenvalue weighted by Gasteiger charge is -2.09. The Hall–Kier alpha value is -1.36. The topological polar surface area (TPSA) is 59.0 Å².